The molecule has 0 amide bonds. The van der Waals surface area contributed by atoms with E-state index in [1.54, 1.807) is 0 Å². The van der Waals surface area contributed by atoms with Crippen molar-refractivity contribution in [1.29, 1.82) is 0 Å². The second-order valence-electron chi connectivity index (χ2n) is 12.7. The molecular weight excluding hydrogens is 572 g/mol. The molecule has 2 heterocycles. The van der Waals surface area contributed by atoms with Gasteiger partial charge in [0.1, 0.15) is 6.10 Å². The first-order valence-corrected chi connectivity index (χ1v) is 16.3. The number of Topliss-reactive ketones (excluding diaryl/α,β-unsaturated/α-hetero) is 1. The van der Waals surface area contributed by atoms with Crippen LogP contribution in [0.15, 0.2) is 115 Å². The highest BCUT2D eigenvalue weighted by Crippen LogP contribution is 2.55. The molecule has 6 nitrogen and oxygen atoms in total. The molecule has 1 unspecified atom stereocenters. The normalized spacial score (nSPS) is 21.5. The van der Waals surface area contributed by atoms with Crippen LogP contribution in [0.25, 0.3) is 10.9 Å². The van der Waals surface area contributed by atoms with Gasteiger partial charge in [0.2, 0.25) is 0 Å². The molecule has 1 saturated heterocycles. The number of hydrogen-bond acceptors (Lipinski definition) is 5. The number of carbonyl (C=O) groups is 2. The van der Waals surface area contributed by atoms with Gasteiger partial charge in [0.05, 0.1) is 19.3 Å². The fourth-order valence-electron chi connectivity index (χ4n) is 8.06. The van der Waals surface area contributed by atoms with Crippen molar-refractivity contribution in [2.24, 2.45) is 11.3 Å². The number of carbonyl (C=O) groups excluding carboxylic acids is 2. The molecule has 2 bridgehead atoms. The summed E-state index contributed by atoms with van der Waals surface area (Å²) in [6, 6.07) is 39.3. The Kier molecular flexibility index (Phi) is 8.57. The van der Waals surface area contributed by atoms with Crippen LogP contribution in [0.1, 0.15) is 58.5 Å². The van der Waals surface area contributed by atoms with Gasteiger partial charge in [-0.15, -0.1) is 0 Å². The van der Waals surface area contributed by atoms with Crippen LogP contribution < -0.4 is 0 Å². The van der Waals surface area contributed by atoms with Crippen LogP contribution in [0.2, 0.25) is 0 Å². The molecule has 0 spiro atoms. The largest absolute Gasteiger partial charge is 0.461 e. The van der Waals surface area contributed by atoms with E-state index in [0.29, 0.717) is 39.0 Å². The van der Waals surface area contributed by atoms with Crippen LogP contribution in [0.3, 0.4) is 0 Å². The summed E-state index contributed by atoms with van der Waals surface area (Å²) in [4.78, 5) is 29.5. The van der Waals surface area contributed by atoms with Crippen molar-refractivity contribution in [3.8, 4) is 0 Å². The third-order valence-corrected chi connectivity index (χ3v) is 10.3. The predicted molar refractivity (Wildman–Crippen MR) is 179 cm³/mol. The van der Waals surface area contributed by atoms with Gasteiger partial charge in [0.25, 0.3) is 6.47 Å². The number of nitrogens with zero attached hydrogens (tertiary/aromatic N) is 2. The van der Waals surface area contributed by atoms with Crippen molar-refractivity contribution in [3.05, 3.63) is 143 Å². The molecule has 7 rings (SSSR count). The fraction of sp³-hybridized carbons (Fsp3) is 0.300. The number of likely N-dealkylation sites (tertiary alicyclic amines) is 1. The summed E-state index contributed by atoms with van der Waals surface area (Å²) in [6.45, 7) is 5.31. The Morgan fingerprint density at radius 2 is 1.43 bits per heavy atom. The molecule has 234 valence electrons. The molecule has 4 aromatic carbocycles. The first kappa shape index (κ1) is 30.2. The Morgan fingerprint density at radius 1 is 0.826 bits per heavy atom. The minimum absolute atomic E-state index is 0.0239. The van der Waals surface area contributed by atoms with Crippen LogP contribution in [0.4, 0.5) is 0 Å². The second kappa shape index (κ2) is 13.1. The summed E-state index contributed by atoms with van der Waals surface area (Å²) in [5.74, 6) is -0.165. The Hall–Kier alpha value is -4.52. The number of para-hydroxylation sites is 1. The predicted octanol–water partition coefficient (Wildman–Crippen LogP) is 7.60. The number of rotatable bonds is 12. The van der Waals surface area contributed by atoms with E-state index in [2.05, 4.69) is 83.1 Å². The van der Waals surface area contributed by atoms with E-state index >= 15 is 0 Å². The summed E-state index contributed by atoms with van der Waals surface area (Å²) >= 11 is 0. The first-order chi connectivity index (χ1) is 22.6. The summed E-state index contributed by atoms with van der Waals surface area (Å²) in [5.41, 5.74) is 5.83. The highest BCUT2D eigenvalue weighted by Gasteiger charge is 2.58. The third-order valence-electron chi connectivity index (χ3n) is 10.3. The lowest BCUT2D eigenvalue weighted by molar-refractivity contribution is -0.161. The van der Waals surface area contributed by atoms with Crippen LogP contribution in [-0.4, -0.2) is 41.0 Å². The smallest absolute Gasteiger partial charge is 0.293 e. The maximum Gasteiger partial charge on any atom is 0.293 e. The lowest BCUT2D eigenvalue weighted by Gasteiger charge is -2.55. The summed E-state index contributed by atoms with van der Waals surface area (Å²) in [7, 11) is 0. The number of fused-ring (bicyclic) bond motifs is 6. The average Bonchev–Trinajstić information content (AvgIpc) is 3.43. The minimum Gasteiger partial charge on any atom is -0.461 e. The Bertz CT molecular complexity index is 1800. The van der Waals surface area contributed by atoms with Gasteiger partial charge in [-0.05, 0) is 35.6 Å². The highest BCUT2D eigenvalue weighted by molar-refractivity contribution is 6.12. The molecule has 1 aliphatic carbocycles. The van der Waals surface area contributed by atoms with Gasteiger partial charge >= 0.3 is 0 Å². The van der Waals surface area contributed by atoms with E-state index in [1.807, 2.05) is 48.5 Å². The van der Waals surface area contributed by atoms with Crippen molar-refractivity contribution in [1.82, 2.24) is 9.47 Å². The van der Waals surface area contributed by atoms with Crippen LogP contribution in [-0.2, 0) is 34.0 Å². The fourth-order valence-corrected chi connectivity index (χ4v) is 8.06. The van der Waals surface area contributed by atoms with E-state index in [0.717, 1.165) is 34.3 Å². The van der Waals surface area contributed by atoms with E-state index in [1.165, 1.54) is 11.1 Å². The van der Waals surface area contributed by atoms with Gasteiger partial charge in [-0.3, -0.25) is 14.5 Å². The molecule has 0 N–H and O–H groups in total. The lowest BCUT2D eigenvalue weighted by atomic mass is 9.59. The highest BCUT2D eigenvalue weighted by atomic mass is 16.6. The minimum atomic E-state index is -0.625. The monoisotopic (exact) mass is 612 g/mol. The summed E-state index contributed by atoms with van der Waals surface area (Å²) < 4.78 is 14.5. The second-order valence-corrected chi connectivity index (χ2v) is 12.7. The topological polar surface area (TPSA) is 60.8 Å². The van der Waals surface area contributed by atoms with Gasteiger partial charge in [-0.1, -0.05) is 116 Å². The number of benzene rings is 4. The summed E-state index contributed by atoms with van der Waals surface area (Å²) in [6.07, 6.45) is 0.757. The SMILES string of the molecule is CC[C@@]1([C@H](COCc2ccccc2)OC=O)CN(Cc2ccccc2)[C@H]2CC1C(=O)c1c2n(Cc2ccccc2)c2ccccc12. The van der Waals surface area contributed by atoms with E-state index < -0.39 is 11.5 Å². The molecule has 0 radical (unpaired) electrons. The zero-order valence-corrected chi connectivity index (χ0v) is 26.3. The van der Waals surface area contributed by atoms with Crippen LogP contribution in [0.5, 0.6) is 0 Å². The third kappa shape index (κ3) is 5.46. The molecule has 1 aliphatic heterocycles. The van der Waals surface area contributed by atoms with Gasteiger partial charge in [0, 0.05) is 53.1 Å². The van der Waals surface area contributed by atoms with Crippen molar-refractivity contribution >= 4 is 23.2 Å². The number of ether oxygens (including phenoxy) is 2. The number of hydrogen-bond donors (Lipinski definition) is 0. The standard InChI is InChI=1S/C40H40N2O4/c1-2-40(36(46-28-43)26-45-25-31-18-10-5-11-19-31)27-41(23-29-14-6-3-7-15-29)35-22-33(40)39(44)37-32-20-12-13-21-34(32)42(38(35)37)24-30-16-8-4-9-17-30/h3-21,28,33,35-36H,2,22-27H2,1H3/t33?,35-,36-,40+/m0/s1. The van der Waals surface area contributed by atoms with E-state index in [4.69, 9.17) is 9.47 Å². The number of ketones is 1. The van der Waals surface area contributed by atoms with Gasteiger partial charge in [0.15, 0.2) is 5.78 Å². The molecule has 5 aromatic rings. The van der Waals surface area contributed by atoms with Gasteiger partial charge in [-0.2, -0.15) is 0 Å². The molecule has 0 saturated carbocycles. The molecule has 46 heavy (non-hydrogen) atoms. The summed E-state index contributed by atoms with van der Waals surface area (Å²) in [5, 5.41) is 0.993. The van der Waals surface area contributed by atoms with Crippen molar-refractivity contribution in [2.75, 3.05) is 13.2 Å². The molecule has 6 heteroatoms. The lowest BCUT2D eigenvalue weighted by Crippen LogP contribution is -2.60. The molecule has 4 atom stereocenters. The Labute approximate surface area is 270 Å². The van der Waals surface area contributed by atoms with E-state index in [9.17, 15) is 9.59 Å². The van der Waals surface area contributed by atoms with Gasteiger partial charge < -0.3 is 14.0 Å². The Balaban J connectivity index is 1.34. The molecule has 1 aromatic heterocycles. The molecule has 2 aliphatic rings. The van der Waals surface area contributed by atoms with E-state index in [-0.39, 0.29) is 24.3 Å². The first-order valence-electron chi connectivity index (χ1n) is 16.3. The Morgan fingerprint density at radius 3 is 2.09 bits per heavy atom. The number of aromatic nitrogens is 1. The maximum absolute atomic E-state index is 14.9. The van der Waals surface area contributed by atoms with Gasteiger partial charge in [-0.25, -0.2) is 0 Å². The van der Waals surface area contributed by atoms with Crippen LogP contribution in [0, 0.1) is 11.3 Å². The average molecular weight is 613 g/mol. The van der Waals surface area contributed by atoms with Crippen molar-refractivity contribution in [2.45, 2.75) is 51.6 Å². The number of piperidine rings is 1. The van der Waals surface area contributed by atoms with Crippen LogP contribution >= 0.6 is 0 Å². The molecule has 1 fully saturated rings. The quantitative estimate of drug-likeness (QED) is 0.136. The maximum atomic E-state index is 14.9. The van der Waals surface area contributed by atoms with Crippen molar-refractivity contribution < 1.29 is 19.1 Å². The van der Waals surface area contributed by atoms with Crippen molar-refractivity contribution in [3.63, 3.8) is 0 Å². The zero-order chi connectivity index (χ0) is 31.5. The zero-order valence-electron chi connectivity index (χ0n) is 26.3. The molecular formula is C40H40N2O4.